The molecule has 2 heterocycles. The van der Waals surface area contributed by atoms with Crippen molar-refractivity contribution in [3.63, 3.8) is 0 Å². The molecule has 0 fully saturated rings. The molecule has 264 valence electrons. The van der Waals surface area contributed by atoms with Crippen molar-refractivity contribution < 1.29 is 0 Å². The molecule has 0 radical (unpaired) electrons. The Labute approximate surface area is 326 Å². The van der Waals surface area contributed by atoms with Crippen LogP contribution in [0.1, 0.15) is 25.0 Å². The Morgan fingerprint density at radius 3 is 1.86 bits per heavy atom. The van der Waals surface area contributed by atoms with E-state index in [0.717, 1.165) is 55.1 Å². The van der Waals surface area contributed by atoms with Crippen molar-refractivity contribution in [2.24, 2.45) is 0 Å². The van der Waals surface area contributed by atoms with Crippen molar-refractivity contribution in [2.45, 2.75) is 19.3 Å². The Balaban J connectivity index is 1.18. The minimum atomic E-state index is -0.0333. The lowest BCUT2D eigenvalue weighted by atomic mass is 9.82. The van der Waals surface area contributed by atoms with Gasteiger partial charge in [-0.1, -0.05) is 166 Å². The lowest BCUT2D eigenvalue weighted by Gasteiger charge is -2.21. The molecule has 0 saturated heterocycles. The van der Waals surface area contributed by atoms with Crippen molar-refractivity contribution in [3.05, 3.63) is 199 Å². The first kappa shape index (κ1) is 32.3. The van der Waals surface area contributed by atoms with Gasteiger partial charge in [0.25, 0.3) is 0 Å². The van der Waals surface area contributed by atoms with Crippen LogP contribution in [-0.2, 0) is 5.41 Å². The fraction of sp³-hybridized carbons (Fsp3) is 0.0566. The number of rotatable bonds is 5. The molecule has 0 spiro atoms. The van der Waals surface area contributed by atoms with Gasteiger partial charge in [0.2, 0.25) is 5.95 Å². The van der Waals surface area contributed by atoms with Crippen molar-refractivity contribution in [2.75, 3.05) is 0 Å². The van der Waals surface area contributed by atoms with Crippen LogP contribution in [0.5, 0.6) is 0 Å². The van der Waals surface area contributed by atoms with Gasteiger partial charge < -0.3 is 0 Å². The fourth-order valence-corrected chi connectivity index (χ4v) is 9.07. The monoisotopic (exact) mass is 715 g/mol. The van der Waals surface area contributed by atoms with Gasteiger partial charge in [-0.05, 0) is 86.5 Å². The smallest absolute Gasteiger partial charge is 0.235 e. The summed E-state index contributed by atoms with van der Waals surface area (Å²) in [5.74, 6) is 0.651. The zero-order valence-corrected chi connectivity index (χ0v) is 31.2. The number of hydrogen-bond donors (Lipinski definition) is 0. The zero-order valence-electron chi connectivity index (χ0n) is 31.2. The van der Waals surface area contributed by atoms with Crippen molar-refractivity contribution in [1.29, 1.82) is 0 Å². The maximum atomic E-state index is 5.41. The number of fused-ring (bicyclic) bond motifs is 7. The van der Waals surface area contributed by atoms with Gasteiger partial charge in [-0.3, -0.25) is 4.57 Å². The molecule has 3 nitrogen and oxygen atoms in total. The summed E-state index contributed by atoms with van der Waals surface area (Å²) in [4.78, 5) is 10.7. The van der Waals surface area contributed by atoms with E-state index in [-0.39, 0.29) is 5.41 Å². The predicted octanol–water partition coefficient (Wildman–Crippen LogP) is 13.7. The highest BCUT2D eigenvalue weighted by atomic mass is 15.2. The van der Waals surface area contributed by atoms with Gasteiger partial charge in [-0.15, -0.1) is 0 Å². The lowest BCUT2D eigenvalue weighted by molar-refractivity contribution is 0.660. The molecule has 1 aliphatic carbocycles. The molecule has 1 aliphatic rings. The van der Waals surface area contributed by atoms with Crippen LogP contribution in [0, 0.1) is 0 Å². The molecule has 56 heavy (non-hydrogen) atoms. The molecule has 0 bridgehead atoms. The van der Waals surface area contributed by atoms with E-state index in [2.05, 4.69) is 200 Å². The molecule has 8 aromatic carbocycles. The van der Waals surface area contributed by atoms with Crippen LogP contribution in [0.15, 0.2) is 188 Å². The summed E-state index contributed by atoms with van der Waals surface area (Å²) in [6, 6.07) is 67.8. The highest BCUT2D eigenvalue weighted by Gasteiger charge is 2.35. The summed E-state index contributed by atoms with van der Waals surface area (Å²) in [7, 11) is 0. The van der Waals surface area contributed by atoms with Crippen molar-refractivity contribution in [3.8, 4) is 61.7 Å². The summed E-state index contributed by atoms with van der Waals surface area (Å²) in [5, 5.41) is 3.36. The first-order valence-electron chi connectivity index (χ1n) is 19.3. The Morgan fingerprint density at radius 2 is 1.02 bits per heavy atom. The van der Waals surface area contributed by atoms with Gasteiger partial charge in [-0.25, -0.2) is 9.97 Å². The second-order valence-corrected chi connectivity index (χ2v) is 15.4. The average molecular weight is 716 g/mol. The van der Waals surface area contributed by atoms with Crippen LogP contribution in [0.25, 0.3) is 94.4 Å². The van der Waals surface area contributed by atoms with Crippen molar-refractivity contribution in [1.82, 2.24) is 14.5 Å². The number of aromatic nitrogens is 3. The predicted molar refractivity (Wildman–Crippen MR) is 233 cm³/mol. The molecule has 0 N–H and O–H groups in total. The van der Waals surface area contributed by atoms with Gasteiger partial charge in [0.1, 0.15) is 0 Å². The minimum absolute atomic E-state index is 0.0333. The Kier molecular flexibility index (Phi) is 7.20. The number of nitrogens with zero attached hydrogens (tertiary/aromatic N) is 3. The number of para-hydroxylation sites is 2. The standard InChI is InChI=1S/C53H37N3/c1-53(2)46-25-12-9-22-40(46)44-31-37(28-29-47(44)53)36-20-15-21-38(30-36)43-32-39(34-16-5-3-6-17-34)33-45-41-23-11-14-27-49(41)56(51(43)45)52-54-48-26-13-10-24-42(48)50(55-52)35-18-7-4-8-19-35/h3-33H,1-2H3. The van der Waals surface area contributed by atoms with Gasteiger partial charge in [0, 0.05) is 32.7 Å². The van der Waals surface area contributed by atoms with Crippen molar-refractivity contribution >= 4 is 32.7 Å². The molecule has 0 saturated carbocycles. The summed E-state index contributed by atoms with van der Waals surface area (Å²) in [6.07, 6.45) is 0. The third-order valence-corrected chi connectivity index (χ3v) is 11.8. The topological polar surface area (TPSA) is 30.7 Å². The first-order chi connectivity index (χ1) is 27.5. The molecular weight excluding hydrogens is 679 g/mol. The third kappa shape index (κ3) is 4.98. The molecule has 0 unspecified atom stereocenters. The van der Waals surface area contributed by atoms with E-state index in [1.54, 1.807) is 0 Å². The maximum Gasteiger partial charge on any atom is 0.235 e. The molecular formula is C53H37N3. The highest BCUT2D eigenvalue weighted by molar-refractivity contribution is 6.15. The summed E-state index contributed by atoms with van der Waals surface area (Å²) < 4.78 is 2.29. The van der Waals surface area contributed by atoms with Crippen LogP contribution >= 0.6 is 0 Å². The summed E-state index contributed by atoms with van der Waals surface area (Å²) in [6.45, 7) is 4.67. The largest absolute Gasteiger partial charge is 0.277 e. The first-order valence-corrected chi connectivity index (χ1v) is 19.3. The van der Waals surface area contributed by atoms with E-state index in [4.69, 9.17) is 9.97 Å². The van der Waals surface area contributed by atoms with Gasteiger partial charge in [0.15, 0.2) is 0 Å². The van der Waals surface area contributed by atoms with Gasteiger partial charge in [-0.2, -0.15) is 0 Å². The molecule has 3 heteroatoms. The third-order valence-electron chi connectivity index (χ3n) is 11.8. The van der Waals surface area contributed by atoms with Crippen LogP contribution in [0.4, 0.5) is 0 Å². The SMILES string of the molecule is CC1(C)c2ccccc2-c2cc(-c3cccc(-c4cc(-c5ccccc5)cc5c6ccccc6n(-c6nc(-c7ccccc7)c7ccccc7n6)c45)c3)ccc21. The summed E-state index contributed by atoms with van der Waals surface area (Å²) in [5.41, 5.74) is 17.4. The fourth-order valence-electron chi connectivity index (χ4n) is 9.07. The Bertz CT molecular complexity index is 3150. The van der Waals surface area contributed by atoms with E-state index < -0.39 is 0 Å². The second-order valence-electron chi connectivity index (χ2n) is 15.4. The molecule has 0 atom stereocenters. The van der Waals surface area contributed by atoms with Crippen LogP contribution < -0.4 is 0 Å². The van der Waals surface area contributed by atoms with Gasteiger partial charge >= 0.3 is 0 Å². The van der Waals surface area contributed by atoms with E-state index >= 15 is 0 Å². The second kappa shape index (κ2) is 12.5. The van der Waals surface area contributed by atoms with Crippen LogP contribution in [-0.4, -0.2) is 14.5 Å². The maximum absolute atomic E-state index is 5.41. The van der Waals surface area contributed by atoms with E-state index in [1.165, 1.54) is 44.5 Å². The Morgan fingerprint density at radius 1 is 0.393 bits per heavy atom. The molecule has 2 aromatic heterocycles. The lowest BCUT2D eigenvalue weighted by Crippen LogP contribution is -2.14. The number of benzene rings is 8. The Hall–Kier alpha value is -7.10. The van der Waals surface area contributed by atoms with Gasteiger partial charge in [0.05, 0.1) is 22.2 Å². The average Bonchev–Trinajstić information content (AvgIpc) is 3.72. The molecule has 10 aromatic rings. The molecule has 0 amide bonds. The highest BCUT2D eigenvalue weighted by Crippen LogP contribution is 2.50. The zero-order chi connectivity index (χ0) is 37.4. The van der Waals surface area contributed by atoms with E-state index in [0.29, 0.717) is 5.95 Å². The quantitative estimate of drug-likeness (QED) is 0.178. The number of hydrogen-bond acceptors (Lipinski definition) is 2. The normalized spacial score (nSPS) is 13.0. The summed E-state index contributed by atoms with van der Waals surface area (Å²) >= 11 is 0. The minimum Gasteiger partial charge on any atom is -0.277 e. The van der Waals surface area contributed by atoms with E-state index in [1.807, 2.05) is 6.07 Å². The van der Waals surface area contributed by atoms with E-state index in [9.17, 15) is 0 Å². The molecule has 11 rings (SSSR count). The molecule has 0 aliphatic heterocycles. The van der Waals surface area contributed by atoms with Crippen LogP contribution in [0.2, 0.25) is 0 Å². The van der Waals surface area contributed by atoms with Crippen LogP contribution in [0.3, 0.4) is 0 Å².